The summed E-state index contributed by atoms with van der Waals surface area (Å²) in [4.78, 5) is 29.3. The molecule has 10 nitrogen and oxygen atoms in total. The minimum atomic E-state index is -0.493. The number of nitrogens with zero attached hydrogens (tertiary/aromatic N) is 4. The number of benzene rings is 2. The van der Waals surface area contributed by atoms with Gasteiger partial charge in [0.05, 0.1) is 19.9 Å². The lowest BCUT2D eigenvalue weighted by Crippen LogP contribution is -2.44. The first-order chi connectivity index (χ1) is 18.4. The van der Waals surface area contributed by atoms with E-state index in [9.17, 15) is 4.79 Å². The molecule has 1 fully saturated rings. The predicted molar refractivity (Wildman–Crippen MR) is 152 cm³/mol. The van der Waals surface area contributed by atoms with Crippen LogP contribution in [0.25, 0.3) is 11.2 Å². The van der Waals surface area contributed by atoms with Crippen LogP contribution < -0.4 is 30.6 Å². The van der Waals surface area contributed by atoms with Gasteiger partial charge in [0.25, 0.3) is 5.56 Å². The van der Waals surface area contributed by atoms with Crippen molar-refractivity contribution in [3.63, 3.8) is 0 Å². The second-order valence-electron chi connectivity index (χ2n) is 8.85. The average molecular weight is 556 g/mol. The van der Waals surface area contributed by atoms with E-state index in [1.807, 2.05) is 12.1 Å². The lowest BCUT2D eigenvalue weighted by Gasteiger charge is -2.34. The van der Waals surface area contributed by atoms with Gasteiger partial charge >= 0.3 is 0 Å². The third kappa shape index (κ3) is 5.28. The molecular weight excluding hydrogens is 529 g/mol. The molecule has 4 aromatic rings. The van der Waals surface area contributed by atoms with E-state index in [4.69, 9.17) is 32.7 Å². The van der Waals surface area contributed by atoms with Crippen molar-refractivity contribution < 1.29 is 9.47 Å². The molecule has 0 unspecified atom stereocenters. The Morgan fingerprint density at radius 3 is 2.18 bits per heavy atom. The van der Waals surface area contributed by atoms with Gasteiger partial charge in [0, 0.05) is 43.6 Å². The number of piperazine rings is 1. The number of ether oxygens (including phenoxy) is 2. The van der Waals surface area contributed by atoms with Gasteiger partial charge in [-0.25, -0.2) is 9.97 Å². The van der Waals surface area contributed by atoms with Crippen molar-refractivity contribution in [3.8, 4) is 11.5 Å². The van der Waals surface area contributed by atoms with Crippen molar-refractivity contribution in [2.75, 3.05) is 63.0 Å². The molecule has 0 radical (unpaired) electrons. The number of hydrogen-bond donors (Lipinski definition) is 3. The molecule has 2 aromatic heterocycles. The number of methoxy groups -OCH3 is 2. The van der Waals surface area contributed by atoms with Crippen LogP contribution in [0.15, 0.2) is 47.3 Å². The zero-order valence-electron chi connectivity index (χ0n) is 21.1. The number of likely N-dealkylation sites (N-methyl/N-ethyl adjacent to an activating group) is 1. The monoisotopic (exact) mass is 555 g/mol. The van der Waals surface area contributed by atoms with E-state index in [-0.39, 0.29) is 21.6 Å². The Hall–Kier alpha value is -3.73. The highest BCUT2D eigenvalue weighted by molar-refractivity contribution is 6.41. The Balaban J connectivity index is 1.36. The van der Waals surface area contributed by atoms with Crippen LogP contribution in [0.2, 0.25) is 10.0 Å². The number of rotatable bonds is 7. The predicted octanol–water partition coefficient (Wildman–Crippen LogP) is 4.88. The zero-order chi connectivity index (χ0) is 26.8. The molecule has 0 bridgehead atoms. The number of pyridine rings is 1. The first kappa shape index (κ1) is 25.9. The van der Waals surface area contributed by atoms with E-state index >= 15 is 0 Å². The van der Waals surface area contributed by atoms with Crippen LogP contribution >= 0.6 is 23.2 Å². The maximum atomic E-state index is 12.8. The zero-order valence-corrected chi connectivity index (χ0v) is 22.7. The third-order valence-corrected chi connectivity index (χ3v) is 7.13. The van der Waals surface area contributed by atoms with Crippen LogP contribution in [0.4, 0.5) is 28.7 Å². The number of hydrogen-bond acceptors (Lipinski definition) is 9. The number of nitrogens with one attached hydrogen (secondary N) is 3. The number of anilines is 5. The van der Waals surface area contributed by atoms with E-state index in [2.05, 4.69) is 54.6 Å². The van der Waals surface area contributed by atoms with E-state index in [0.29, 0.717) is 28.5 Å². The van der Waals surface area contributed by atoms with Gasteiger partial charge in [0.2, 0.25) is 0 Å². The summed E-state index contributed by atoms with van der Waals surface area (Å²) < 4.78 is 10.6. The molecule has 38 heavy (non-hydrogen) atoms. The van der Waals surface area contributed by atoms with Crippen LogP contribution in [0, 0.1) is 0 Å². The van der Waals surface area contributed by atoms with E-state index in [1.165, 1.54) is 19.9 Å². The van der Waals surface area contributed by atoms with Crippen LogP contribution in [0.1, 0.15) is 0 Å². The van der Waals surface area contributed by atoms with Crippen molar-refractivity contribution in [2.24, 2.45) is 0 Å². The van der Waals surface area contributed by atoms with Gasteiger partial charge in [0.1, 0.15) is 32.9 Å². The molecule has 1 aliphatic rings. The Morgan fingerprint density at radius 2 is 1.55 bits per heavy atom. The molecule has 0 saturated carbocycles. The fourth-order valence-corrected chi connectivity index (χ4v) is 4.80. The van der Waals surface area contributed by atoms with Crippen molar-refractivity contribution in [1.82, 2.24) is 19.9 Å². The fourth-order valence-electron chi connectivity index (χ4n) is 4.21. The topological polar surface area (TPSA) is 108 Å². The van der Waals surface area contributed by atoms with Crippen LogP contribution in [0.5, 0.6) is 11.5 Å². The molecule has 3 N–H and O–H groups in total. The molecular formula is C26H27Cl2N7O3. The fraction of sp³-hybridized carbons (Fsp3) is 0.269. The van der Waals surface area contributed by atoms with Crippen molar-refractivity contribution in [2.45, 2.75) is 0 Å². The summed E-state index contributed by atoms with van der Waals surface area (Å²) >= 11 is 12.9. The highest BCUT2D eigenvalue weighted by atomic mass is 35.5. The summed E-state index contributed by atoms with van der Waals surface area (Å²) in [7, 11) is 5.08. The van der Waals surface area contributed by atoms with Gasteiger partial charge in [0.15, 0.2) is 11.5 Å². The van der Waals surface area contributed by atoms with Crippen molar-refractivity contribution in [1.29, 1.82) is 0 Å². The Kier molecular flexibility index (Phi) is 7.46. The summed E-state index contributed by atoms with van der Waals surface area (Å²) in [5, 5.41) is 6.57. The molecule has 1 aliphatic heterocycles. The number of aromatic nitrogens is 3. The molecule has 3 heterocycles. The smallest absolute Gasteiger partial charge is 0.292 e. The van der Waals surface area contributed by atoms with Gasteiger partial charge < -0.3 is 34.9 Å². The molecule has 0 spiro atoms. The maximum absolute atomic E-state index is 12.8. The lowest BCUT2D eigenvalue weighted by molar-refractivity contribution is 0.313. The van der Waals surface area contributed by atoms with Crippen molar-refractivity contribution in [3.05, 3.63) is 62.9 Å². The number of H-pyrrole nitrogens is 1. The second kappa shape index (κ2) is 10.9. The number of aromatic amines is 1. The van der Waals surface area contributed by atoms with Gasteiger partial charge in [-0.05, 0) is 43.4 Å². The minimum absolute atomic E-state index is 0.00129. The second-order valence-corrected chi connectivity index (χ2v) is 9.61. The van der Waals surface area contributed by atoms with E-state index in [0.717, 1.165) is 31.9 Å². The average Bonchev–Trinajstić information content (AvgIpc) is 2.92. The van der Waals surface area contributed by atoms with E-state index in [1.54, 1.807) is 18.2 Å². The summed E-state index contributed by atoms with van der Waals surface area (Å²) in [5.41, 5.74) is 2.64. The largest absolute Gasteiger partial charge is 0.495 e. The summed E-state index contributed by atoms with van der Waals surface area (Å²) in [6, 6.07) is 13.3. The third-order valence-electron chi connectivity index (χ3n) is 6.38. The Labute approximate surface area is 229 Å². The molecule has 5 rings (SSSR count). The summed E-state index contributed by atoms with van der Waals surface area (Å²) in [6.07, 6.45) is 0. The first-order valence-corrected chi connectivity index (χ1v) is 12.7. The molecule has 12 heteroatoms. The van der Waals surface area contributed by atoms with Gasteiger partial charge in [-0.3, -0.25) is 4.79 Å². The molecule has 198 valence electrons. The minimum Gasteiger partial charge on any atom is -0.495 e. The molecule has 0 atom stereocenters. The van der Waals surface area contributed by atoms with Gasteiger partial charge in [-0.2, -0.15) is 0 Å². The van der Waals surface area contributed by atoms with E-state index < -0.39 is 5.56 Å². The first-order valence-electron chi connectivity index (χ1n) is 11.9. The van der Waals surface area contributed by atoms with Crippen molar-refractivity contribution >= 4 is 63.1 Å². The highest BCUT2D eigenvalue weighted by Crippen LogP contribution is 2.44. The summed E-state index contributed by atoms with van der Waals surface area (Å²) in [6.45, 7) is 4.13. The summed E-state index contributed by atoms with van der Waals surface area (Å²) in [5.74, 6) is 1.24. The SMILES string of the molecule is COc1cc(OC)c(Cl)c(Nc2nc3ccc(Nc4ccc(N5CCN(C)CC5)cc4)nc3[nH]c2=O)c1Cl. The Morgan fingerprint density at radius 1 is 0.895 bits per heavy atom. The maximum Gasteiger partial charge on any atom is 0.292 e. The van der Waals surface area contributed by atoms with Crippen LogP contribution in [0.3, 0.4) is 0 Å². The van der Waals surface area contributed by atoms with Gasteiger partial charge in [-0.1, -0.05) is 23.2 Å². The molecule has 0 aliphatic carbocycles. The molecule has 1 saturated heterocycles. The Bertz CT molecular complexity index is 1490. The molecule has 2 aromatic carbocycles. The molecule has 0 amide bonds. The van der Waals surface area contributed by atoms with Crippen LogP contribution in [-0.4, -0.2) is 67.3 Å². The standard InChI is InChI=1S/C26H27Cl2N7O3/c1-34-10-12-35(13-11-34)16-6-4-15(5-7-16)29-20-9-8-17-24(31-20)33-26(36)25(30-17)32-23-21(27)18(37-2)14-19(38-3)22(23)28/h4-9,14H,10-13H2,1-3H3,(H,30,32)(H2,29,31,33,36). The quantitative estimate of drug-likeness (QED) is 0.294. The highest BCUT2D eigenvalue weighted by Gasteiger charge is 2.19. The normalized spacial score (nSPS) is 14.0. The number of halogens is 2. The van der Waals surface area contributed by atoms with Gasteiger partial charge in [-0.15, -0.1) is 0 Å². The number of fused-ring (bicyclic) bond motifs is 1. The van der Waals surface area contributed by atoms with Crippen LogP contribution in [-0.2, 0) is 0 Å². The lowest BCUT2D eigenvalue weighted by atomic mass is 10.2.